The maximum absolute atomic E-state index is 12.7. The number of unbranched alkanes of at least 4 members (excludes halogenated alkanes) is 8. The van der Waals surface area contributed by atoms with Gasteiger partial charge in [-0.25, -0.2) is 9.59 Å². The van der Waals surface area contributed by atoms with E-state index in [9.17, 15) is 9.59 Å². The van der Waals surface area contributed by atoms with Gasteiger partial charge >= 0.3 is 11.9 Å². The minimum atomic E-state index is -0.730. The third-order valence-corrected chi connectivity index (χ3v) is 7.60. The summed E-state index contributed by atoms with van der Waals surface area (Å²) in [5.74, 6) is 1.70. The summed E-state index contributed by atoms with van der Waals surface area (Å²) in [6.45, 7) is 4.77. The molecule has 8 heteroatoms. The molecular formula is C36H46O7S. The van der Waals surface area contributed by atoms with Crippen LogP contribution in [0.2, 0.25) is 0 Å². The van der Waals surface area contributed by atoms with Crippen molar-refractivity contribution in [3.63, 3.8) is 0 Å². The fraction of sp³-hybridized carbons (Fsp3) is 0.444. The first-order valence-corrected chi connectivity index (χ1v) is 16.7. The average molecular weight is 623 g/mol. The molecule has 0 radical (unpaired) electrons. The second-order valence-electron chi connectivity index (χ2n) is 10.8. The van der Waals surface area contributed by atoms with Gasteiger partial charge < -0.3 is 23.5 Å². The molecule has 0 heterocycles. The number of hydrogen-bond donors (Lipinski definition) is 1. The molecular weight excluding hydrogens is 576 g/mol. The first kappa shape index (κ1) is 35.0. The van der Waals surface area contributed by atoms with E-state index >= 15 is 0 Å². The molecule has 1 atom stereocenters. The number of benzene rings is 3. The van der Waals surface area contributed by atoms with Crippen LogP contribution in [0.25, 0.3) is 11.1 Å². The summed E-state index contributed by atoms with van der Waals surface area (Å²) in [6.07, 6.45) is 10.6. The summed E-state index contributed by atoms with van der Waals surface area (Å²) in [4.78, 5) is 24.7. The van der Waals surface area contributed by atoms with E-state index in [1.165, 1.54) is 38.5 Å². The van der Waals surface area contributed by atoms with Gasteiger partial charge in [0.15, 0.2) is 6.10 Å². The maximum Gasteiger partial charge on any atom is 0.347 e. The fourth-order valence-corrected chi connectivity index (χ4v) is 4.83. The molecule has 238 valence electrons. The molecule has 3 rings (SSSR count). The van der Waals surface area contributed by atoms with Gasteiger partial charge in [0.1, 0.15) is 17.2 Å². The molecule has 0 aromatic heterocycles. The summed E-state index contributed by atoms with van der Waals surface area (Å²) >= 11 is 0.941. The third-order valence-electron chi connectivity index (χ3n) is 7.13. The molecule has 3 aromatic carbocycles. The van der Waals surface area contributed by atoms with Crippen molar-refractivity contribution in [2.24, 2.45) is 0 Å². The lowest BCUT2D eigenvalue weighted by Gasteiger charge is -2.14. The van der Waals surface area contributed by atoms with E-state index in [0.29, 0.717) is 30.3 Å². The van der Waals surface area contributed by atoms with Crippen molar-refractivity contribution >= 4 is 24.0 Å². The van der Waals surface area contributed by atoms with Crippen molar-refractivity contribution in [3.05, 3.63) is 78.4 Å². The predicted molar refractivity (Wildman–Crippen MR) is 177 cm³/mol. The Morgan fingerprint density at radius 2 is 1.23 bits per heavy atom. The molecule has 0 aliphatic rings. The van der Waals surface area contributed by atoms with E-state index in [1.54, 1.807) is 43.3 Å². The Hall–Kier alpha value is -3.49. The summed E-state index contributed by atoms with van der Waals surface area (Å²) in [7, 11) is 0. The summed E-state index contributed by atoms with van der Waals surface area (Å²) in [5.41, 5.74) is 2.47. The molecule has 44 heavy (non-hydrogen) atoms. The van der Waals surface area contributed by atoms with Gasteiger partial charge in [0, 0.05) is 5.75 Å². The summed E-state index contributed by atoms with van der Waals surface area (Å²) in [6, 6.07) is 21.9. The number of carbonyl (C=O) groups excluding carboxylic acids is 2. The van der Waals surface area contributed by atoms with Crippen molar-refractivity contribution in [2.75, 3.05) is 19.0 Å². The number of carbonyl (C=O) groups is 2. The van der Waals surface area contributed by atoms with E-state index in [4.69, 9.17) is 23.5 Å². The van der Waals surface area contributed by atoms with Gasteiger partial charge in [0.2, 0.25) is 0 Å². The van der Waals surface area contributed by atoms with Gasteiger partial charge in [-0.3, -0.25) is 0 Å². The van der Waals surface area contributed by atoms with Gasteiger partial charge in [-0.2, -0.15) is 0 Å². The van der Waals surface area contributed by atoms with Gasteiger partial charge in [-0.1, -0.05) is 76.1 Å². The van der Waals surface area contributed by atoms with Crippen molar-refractivity contribution in [3.8, 4) is 28.4 Å². The van der Waals surface area contributed by atoms with Crippen molar-refractivity contribution in [2.45, 2.75) is 84.2 Å². The Morgan fingerprint density at radius 1 is 0.682 bits per heavy atom. The number of rotatable bonds is 21. The molecule has 7 nitrogen and oxygen atoms in total. The Bertz CT molecular complexity index is 1230. The van der Waals surface area contributed by atoms with Crippen LogP contribution in [0.3, 0.4) is 0 Å². The molecule has 0 saturated carbocycles. The van der Waals surface area contributed by atoms with Crippen LogP contribution >= 0.6 is 12.0 Å². The van der Waals surface area contributed by atoms with Crippen LogP contribution in [0.15, 0.2) is 72.8 Å². The Labute approximate surface area is 266 Å². The summed E-state index contributed by atoms with van der Waals surface area (Å²) in [5, 5.41) is 0. The first-order valence-electron chi connectivity index (χ1n) is 15.8. The van der Waals surface area contributed by atoms with Crippen molar-refractivity contribution in [1.29, 1.82) is 0 Å². The number of hydrogen-bond acceptors (Lipinski definition) is 8. The average Bonchev–Trinajstić information content (AvgIpc) is 3.05. The zero-order valence-corrected chi connectivity index (χ0v) is 26.8. The monoisotopic (exact) mass is 622 g/mol. The van der Waals surface area contributed by atoms with E-state index in [2.05, 4.69) is 0 Å². The van der Waals surface area contributed by atoms with Gasteiger partial charge in [0.05, 0.1) is 18.8 Å². The second kappa shape index (κ2) is 20.5. The number of ether oxygens (including phenoxy) is 4. The fourth-order valence-electron chi connectivity index (χ4n) is 4.50. The highest BCUT2D eigenvalue weighted by molar-refractivity contribution is 7.93. The highest BCUT2D eigenvalue weighted by atomic mass is 32.2. The molecule has 0 fully saturated rings. The van der Waals surface area contributed by atoms with Gasteiger partial charge in [-0.05, 0) is 97.9 Å². The minimum absolute atomic E-state index is 0.379. The molecule has 0 aliphatic heterocycles. The molecule has 0 aliphatic carbocycles. The molecule has 0 saturated heterocycles. The lowest BCUT2D eigenvalue weighted by Crippen LogP contribution is -2.26. The standard InChI is InChI=1S/C36H46O7S/c1-3-4-25-41-35(37)28(2)42-33-21-23-34(24-22-33)43-36(38)31-15-13-29(14-16-31)30-17-19-32(20-18-30)40-26-11-9-7-5-6-8-10-12-27-44-39/h13-24,28,39H,3-12,25-27H2,1-2H3. The summed E-state index contributed by atoms with van der Waals surface area (Å²) < 4.78 is 31.0. The SMILES string of the molecule is CCCCOC(=O)C(C)Oc1ccc(OC(=O)c2ccc(-c3ccc(OCCCCCCCCCCSO)cc3)cc2)cc1. The van der Waals surface area contributed by atoms with Crippen LogP contribution in [-0.2, 0) is 9.53 Å². The zero-order valence-electron chi connectivity index (χ0n) is 26.0. The normalized spacial score (nSPS) is 11.5. The first-order chi connectivity index (χ1) is 21.5. The molecule has 1 unspecified atom stereocenters. The van der Waals surface area contributed by atoms with Crippen molar-refractivity contribution in [1.82, 2.24) is 0 Å². The van der Waals surface area contributed by atoms with Crippen LogP contribution < -0.4 is 14.2 Å². The molecule has 3 aromatic rings. The van der Waals surface area contributed by atoms with Crippen LogP contribution in [0.4, 0.5) is 0 Å². The van der Waals surface area contributed by atoms with Crippen LogP contribution in [0, 0.1) is 0 Å². The lowest BCUT2D eigenvalue weighted by atomic mass is 10.0. The highest BCUT2D eigenvalue weighted by Crippen LogP contribution is 2.24. The van der Waals surface area contributed by atoms with Crippen LogP contribution in [0.1, 0.15) is 88.4 Å². The van der Waals surface area contributed by atoms with Crippen LogP contribution in [0.5, 0.6) is 17.2 Å². The van der Waals surface area contributed by atoms with E-state index in [-0.39, 0.29) is 0 Å². The van der Waals surface area contributed by atoms with Gasteiger partial charge in [0.25, 0.3) is 0 Å². The number of esters is 2. The molecule has 0 spiro atoms. The predicted octanol–water partition coefficient (Wildman–Crippen LogP) is 9.39. The van der Waals surface area contributed by atoms with Crippen molar-refractivity contribution < 1.29 is 33.1 Å². The lowest BCUT2D eigenvalue weighted by molar-refractivity contribution is -0.151. The van der Waals surface area contributed by atoms with E-state index in [0.717, 1.165) is 60.4 Å². The third kappa shape index (κ3) is 13.0. The quantitative estimate of drug-likeness (QED) is 0.0544. The Morgan fingerprint density at radius 3 is 1.84 bits per heavy atom. The smallest absolute Gasteiger partial charge is 0.347 e. The van der Waals surface area contributed by atoms with E-state index in [1.807, 2.05) is 43.3 Å². The second-order valence-corrected chi connectivity index (χ2v) is 11.4. The molecule has 1 N–H and O–H groups in total. The van der Waals surface area contributed by atoms with E-state index < -0.39 is 18.0 Å². The maximum atomic E-state index is 12.7. The Kier molecular flexibility index (Phi) is 16.3. The topological polar surface area (TPSA) is 91.3 Å². The van der Waals surface area contributed by atoms with Gasteiger partial charge in [-0.15, -0.1) is 0 Å². The largest absolute Gasteiger partial charge is 0.494 e. The highest BCUT2D eigenvalue weighted by Gasteiger charge is 2.16. The minimum Gasteiger partial charge on any atom is -0.494 e. The zero-order chi connectivity index (χ0) is 31.4. The molecule has 0 amide bonds. The van der Waals surface area contributed by atoms with Crippen LogP contribution in [-0.4, -0.2) is 41.6 Å². The molecule has 0 bridgehead atoms. The Balaban J connectivity index is 1.37.